The van der Waals surface area contributed by atoms with Gasteiger partial charge in [0, 0.05) is 12.7 Å². The van der Waals surface area contributed by atoms with Crippen LogP contribution in [0, 0.1) is 10.1 Å². The van der Waals surface area contributed by atoms with Gasteiger partial charge in [0.15, 0.2) is 5.82 Å². The van der Waals surface area contributed by atoms with Crippen LogP contribution < -0.4 is 10.6 Å². The van der Waals surface area contributed by atoms with Crippen molar-refractivity contribution in [1.82, 2.24) is 5.32 Å². The molecule has 0 saturated heterocycles. The topological polar surface area (TPSA) is 93.5 Å². The van der Waals surface area contributed by atoms with Crippen LogP contribution >= 0.6 is 0 Å². The highest BCUT2D eigenvalue weighted by molar-refractivity contribution is 5.72. The fraction of sp³-hybridized carbons (Fsp3) is 0.214. The number of esters is 1. The summed E-state index contributed by atoms with van der Waals surface area (Å²) < 4.78 is 4.53. The van der Waals surface area contributed by atoms with Crippen molar-refractivity contribution in [3.63, 3.8) is 0 Å². The molecule has 0 spiro atoms. The lowest BCUT2D eigenvalue weighted by Crippen LogP contribution is -2.16. The summed E-state index contributed by atoms with van der Waals surface area (Å²) in [7, 11) is 2.93. The molecule has 0 heterocycles. The molecular formula is C14H17N3O4. The van der Waals surface area contributed by atoms with Crippen LogP contribution in [0.1, 0.15) is 12.0 Å². The largest absolute Gasteiger partial charge is 0.469 e. The molecule has 0 amide bonds. The first-order chi connectivity index (χ1) is 10.0. The fourth-order valence-corrected chi connectivity index (χ4v) is 1.47. The average Bonchev–Trinajstić information content (AvgIpc) is 2.47. The lowest BCUT2D eigenvalue weighted by Gasteiger charge is -2.07. The van der Waals surface area contributed by atoms with Crippen molar-refractivity contribution in [1.29, 1.82) is 0 Å². The molecule has 7 heteroatoms. The normalized spacial score (nSPS) is 11.2. The lowest BCUT2D eigenvalue weighted by atomic mass is 10.2. The first kappa shape index (κ1) is 16.2. The van der Waals surface area contributed by atoms with Crippen molar-refractivity contribution in [3.8, 4) is 0 Å². The van der Waals surface area contributed by atoms with Crippen molar-refractivity contribution in [2.75, 3.05) is 19.5 Å². The van der Waals surface area contributed by atoms with E-state index in [0.29, 0.717) is 5.69 Å². The smallest absolute Gasteiger partial charge is 0.309 e. The van der Waals surface area contributed by atoms with Gasteiger partial charge < -0.3 is 15.4 Å². The number of anilines is 1. The van der Waals surface area contributed by atoms with E-state index < -0.39 is 4.92 Å². The number of nitrogens with zero attached hydrogens (tertiary/aromatic N) is 1. The summed E-state index contributed by atoms with van der Waals surface area (Å²) in [4.78, 5) is 20.8. The zero-order valence-corrected chi connectivity index (χ0v) is 11.8. The van der Waals surface area contributed by atoms with E-state index in [-0.39, 0.29) is 18.2 Å². The second-order valence-corrected chi connectivity index (χ2v) is 4.01. The SMILES string of the molecule is CN/C(=C\[N+](=O)[O-])Nc1ccc(/C=C/CC(=O)OC)cc1. The van der Waals surface area contributed by atoms with E-state index in [9.17, 15) is 14.9 Å². The molecule has 112 valence electrons. The monoisotopic (exact) mass is 291 g/mol. The molecule has 0 radical (unpaired) electrons. The predicted molar refractivity (Wildman–Crippen MR) is 79.9 cm³/mol. The molecule has 7 nitrogen and oxygen atoms in total. The molecule has 0 atom stereocenters. The molecule has 1 aromatic rings. The van der Waals surface area contributed by atoms with Crippen LogP contribution in [0.2, 0.25) is 0 Å². The number of nitro groups is 1. The van der Waals surface area contributed by atoms with Crippen molar-refractivity contribution >= 4 is 17.7 Å². The van der Waals surface area contributed by atoms with Crippen molar-refractivity contribution in [3.05, 3.63) is 58.0 Å². The summed E-state index contributed by atoms with van der Waals surface area (Å²) in [5.41, 5.74) is 1.62. The lowest BCUT2D eigenvalue weighted by molar-refractivity contribution is -0.403. The molecule has 0 aromatic heterocycles. The van der Waals surface area contributed by atoms with E-state index in [4.69, 9.17) is 0 Å². The minimum absolute atomic E-state index is 0.214. The Morgan fingerprint density at radius 2 is 2.05 bits per heavy atom. The van der Waals surface area contributed by atoms with Crippen LogP contribution in [0.25, 0.3) is 6.08 Å². The van der Waals surface area contributed by atoms with Gasteiger partial charge in [-0.1, -0.05) is 24.3 Å². The Morgan fingerprint density at radius 3 is 2.57 bits per heavy atom. The van der Waals surface area contributed by atoms with Gasteiger partial charge in [0.2, 0.25) is 0 Å². The Kier molecular flexibility index (Phi) is 6.46. The number of ether oxygens (including phenoxy) is 1. The first-order valence-electron chi connectivity index (χ1n) is 6.18. The zero-order chi connectivity index (χ0) is 15.7. The number of rotatable bonds is 7. The molecule has 0 bridgehead atoms. The van der Waals surface area contributed by atoms with Gasteiger partial charge in [0.25, 0.3) is 6.20 Å². The highest BCUT2D eigenvalue weighted by Crippen LogP contribution is 2.12. The minimum atomic E-state index is -0.539. The standard InChI is InChI=1S/C14H17N3O4/c1-15-13(10-17(19)20)16-12-8-6-11(7-9-12)4-3-5-14(18)21-2/h3-4,6-10,15-16H,5H2,1-2H3/b4-3+,13-10+. The van der Waals surface area contributed by atoms with Crippen LogP contribution in [0.15, 0.2) is 42.4 Å². The Labute approximate surface area is 122 Å². The summed E-state index contributed by atoms with van der Waals surface area (Å²) in [5, 5.41) is 16.0. The maximum atomic E-state index is 10.9. The third kappa shape index (κ3) is 6.24. The molecule has 0 fully saturated rings. The Bertz CT molecular complexity index is 550. The first-order valence-corrected chi connectivity index (χ1v) is 6.18. The highest BCUT2D eigenvalue weighted by Gasteiger charge is 2.01. The second kappa shape index (κ2) is 8.36. The third-order valence-electron chi connectivity index (χ3n) is 2.52. The summed E-state index contributed by atoms with van der Waals surface area (Å²) >= 11 is 0. The van der Waals surface area contributed by atoms with Gasteiger partial charge in [-0.2, -0.15) is 0 Å². The number of carbonyl (C=O) groups excluding carboxylic acids is 1. The van der Waals surface area contributed by atoms with Crippen LogP contribution in [0.4, 0.5) is 5.69 Å². The quantitative estimate of drug-likeness (QED) is 0.453. The Hall–Kier alpha value is -2.83. The van der Waals surface area contributed by atoms with E-state index in [1.165, 1.54) is 7.11 Å². The van der Waals surface area contributed by atoms with Gasteiger partial charge >= 0.3 is 5.97 Å². The van der Waals surface area contributed by atoms with E-state index in [0.717, 1.165) is 11.8 Å². The summed E-state index contributed by atoms with van der Waals surface area (Å²) in [5.74, 6) is -0.0119. The van der Waals surface area contributed by atoms with E-state index in [1.807, 2.05) is 12.1 Å². The molecule has 0 aliphatic carbocycles. The van der Waals surface area contributed by atoms with Gasteiger partial charge in [0.05, 0.1) is 18.5 Å². The summed E-state index contributed by atoms with van der Waals surface area (Å²) in [6, 6.07) is 7.22. The van der Waals surface area contributed by atoms with Crippen LogP contribution in [-0.2, 0) is 9.53 Å². The third-order valence-corrected chi connectivity index (χ3v) is 2.52. The van der Waals surface area contributed by atoms with Crippen LogP contribution in [-0.4, -0.2) is 25.1 Å². The van der Waals surface area contributed by atoms with E-state index in [2.05, 4.69) is 15.4 Å². The number of hydrogen-bond donors (Lipinski definition) is 2. The molecule has 0 saturated carbocycles. The predicted octanol–water partition coefficient (Wildman–Crippen LogP) is 1.97. The fourth-order valence-electron chi connectivity index (χ4n) is 1.47. The molecule has 0 aliphatic rings. The molecule has 1 rings (SSSR count). The molecule has 2 N–H and O–H groups in total. The zero-order valence-electron chi connectivity index (χ0n) is 11.8. The number of methoxy groups -OCH3 is 1. The van der Waals surface area contributed by atoms with E-state index >= 15 is 0 Å². The number of carbonyl (C=O) groups is 1. The highest BCUT2D eigenvalue weighted by atomic mass is 16.6. The number of benzene rings is 1. The van der Waals surface area contributed by atoms with Crippen molar-refractivity contribution in [2.45, 2.75) is 6.42 Å². The van der Waals surface area contributed by atoms with Crippen molar-refractivity contribution in [2.24, 2.45) is 0 Å². The van der Waals surface area contributed by atoms with Gasteiger partial charge in [-0.15, -0.1) is 0 Å². The molecule has 1 aromatic carbocycles. The average molecular weight is 291 g/mol. The Balaban J connectivity index is 2.65. The number of nitrogens with one attached hydrogen (secondary N) is 2. The second-order valence-electron chi connectivity index (χ2n) is 4.01. The summed E-state index contributed by atoms with van der Waals surface area (Å²) in [6.07, 6.45) is 4.57. The van der Waals surface area contributed by atoms with Gasteiger partial charge in [-0.05, 0) is 17.7 Å². The van der Waals surface area contributed by atoms with Crippen molar-refractivity contribution < 1.29 is 14.5 Å². The Morgan fingerprint density at radius 1 is 1.38 bits per heavy atom. The van der Waals surface area contributed by atoms with Crippen LogP contribution in [0.5, 0.6) is 0 Å². The molecule has 0 unspecified atom stereocenters. The maximum absolute atomic E-state index is 10.9. The molecule has 0 aliphatic heterocycles. The molecule has 21 heavy (non-hydrogen) atoms. The maximum Gasteiger partial charge on any atom is 0.309 e. The van der Waals surface area contributed by atoms with Crippen LogP contribution in [0.3, 0.4) is 0 Å². The molecular weight excluding hydrogens is 274 g/mol. The summed E-state index contributed by atoms with van der Waals surface area (Å²) in [6.45, 7) is 0. The van der Waals surface area contributed by atoms with E-state index in [1.54, 1.807) is 31.3 Å². The van der Waals surface area contributed by atoms with Gasteiger partial charge in [0.1, 0.15) is 0 Å². The number of hydrogen-bond acceptors (Lipinski definition) is 6. The van der Waals surface area contributed by atoms with Gasteiger partial charge in [-0.25, -0.2) is 0 Å². The minimum Gasteiger partial charge on any atom is -0.469 e. The van der Waals surface area contributed by atoms with Gasteiger partial charge in [-0.3, -0.25) is 14.9 Å².